The van der Waals surface area contributed by atoms with E-state index in [1.807, 2.05) is 0 Å². The molecule has 1 N–H and O–H groups in total. The van der Waals surface area contributed by atoms with Crippen molar-refractivity contribution in [2.45, 2.75) is 6.61 Å². The highest BCUT2D eigenvalue weighted by Crippen LogP contribution is 2.17. The second-order valence-corrected chi connectivity index (χ2v) is 3.03. The van der Waals surface area contributed by atoms with Crippen LogP contribution in [0.1, 0.15) is 5.56 Å². The number of carbonyl (C=O) groups excluding carboxylic acids is 1. The number of aliphatic hydroxyl groups is 1. The van der Waals surface area contributed by atoms with Gasteiger partial charge in [0.2, 0.25) is 0 Å². The van der Waals surface area contributed by atoms with Gasteiger partial charge >= 0.3 is 5.97 Å². The molecule has 1 aromatic rings. The number of benzene rings is 1. The summed E-state index contributed by atoms with van der Waals surface area (Å²) in [4.78, 5) is 11.1. The van der Waals surface area contributed by atoms with E-state index in [2.05, 4.69) is 6.58 Å². The first-order valence-corrected chi connectivity index (χ1v) is 4.86. The molecule has 0 aliphatic carbocycles. The molecule has 16 heavy (non-hydrogen) atoms. The van der Waals surface area contributed by atoms with E-state index < -0.39 is 5.97 Å². The third-order valence-electron chi connectivity index (χ3n) is 1.85. The normalized spacial score (nSPS) is 9.56. The molecule has 0 unspecified atom stereocenters. The van der Waals surface area contributed by atoms with Crippen molar-refractivity contribution < 1.29 is 19.4 Å². The fourth-order valence-corrected chi connectivity index (χ4v) is 1.11. The Balaban J connectivity index is 2.47. The van der Waals surface area contributed by atoms with Crippen LogP contribution in [-0.2, 0) is 16.1 Å². The molecule has 0 aromatic heterocycles. The molecule has 1 rings (SSSR count). The lowest BCUT2D eigenvalue weighted by Gasteiger charge is -2.08. The maximum absolute atomic E-state index is 11.1. The zero-order chi connectivity index (χ0) is 11.8. The molecule has 4 heteroatoms. The molecule has 4 nitrogen and oxygen atoms in total. The smallest absolute Gasteiger partial charge is 0.344 e. The predicted octanol–water partition coefficient (Wildman–Crippen LogP) is 1.29. The average molecular weight is 222 g/mol. The number of hydrogen-bond donors (Lipinski definition) is 1. The Bertz CT molecular complexity index is 360. The number of para-hydroxylation sites is 1. The van der Waals surface area contributed by atoms with E-state index in [4.69, 9.17) is 14.6 Å². The summed E-state index contributed by atoms with van der Waals surface area (Å²) < 4.78 is 9.96. The van der Waals surface area contributed by atoms with Gasteiger partial charge in [0.25, 0.3) is 0 Å². The average Bonchev–Trinajstić information content (AvgIpc) is 2.34. The minimum absolute atomic E-state index is 0.127. The zero-order valence-corrected chi connectivity index (χ0v) is 8.89. The fraction of sp³-hybridized carbons (Fsp3) is 0.250. The molecule has 86 valence electrons. The van der Waals surface area contributed by atoms with Crippen LogP contribution in [0.3, 0.4) is 0 Å². The van der Waals surface area contributed by atoms with Gasteiger partial charge in [-0.3, -0.25) is 0 Å². The summed E-state index contributed by atoms with van der Waals surface area (Å²) >= 11 is 0. The van der Waals surface area contributed by atoms with Gasteiger partial charge < -0.3 is 14.6 Å². The van der Waals surface area contributed by atoms with E-state index in [1.54, 1.807) is 24.3 Å². The van der Waals surface area contributed by atoms with Crippen LogP contribution in [-0.4, -0.2) is 24.3 Å². The Hall–Kier alpha value is -1.81. The number of aliphatic hydroxyl groups excluding tert-OH is 1. The van der Waals surface area contributed by atoms with Gasteiger partial charge in [-0.15, -0.1) is 0 Å². The standard InChI is InChI=1S/C12H14O4/c1-2-7-15-12(14)9-16-11-6-4-3-5-10(11)8-13/h2-6,13H,1,7-9H2. The topological polar surface area (TPSA) is 55.8 Å². The third-order valence-corrected chi connectivity index (χ3v) is 1.85. The first-order chi connectivity index (χ1) is 7.77. The van der Waals surface area contributed by atoms with Gasteiger partial charge in [0.1, 0.15) is 12.4 Å². The molecule has 0 radical (unpaired) electrons. The van der Waals surface area contributed by atoms with Crippen molar-refractivity contribution in [3.63, 3.8) is 0 Å². The highest BCUT2D eigenvalue weighted by atomic mass is 16.6. The van der Waals surface area contributed by atoms with Crippen molar-refractivity contribution in [1.29, 1.82) is 0 Å². The minimum Gasteiger partial charge on any atom is -0.482 e. The summed E-state index contributed by atoms with van der Waals surface area (Å²) in [6.07, 6.45) is 1.49. The molecule has 0 atom stereocenters. The van der Waals surface area contributed by atoms with Gasteiger partial charge in [0.05, 0.1) is 6.61 Å². The highest BCUT2D eigenvalue weighted by Gasteiger charge is 2.06. The summed E-state index contributed by atoms with van der Waals surface area (Å²) in [5.41, 5.74) is 0.638. The van der Waals surface area contributed by atoms with Gasteiger partial charge in [-0.2, -0.15) is 0 Å². The number of esters is 1. The molecule has 0 spiro atoms. The van der Waals surface area contributed by atoms with Crippen molar-refractivity contribution in [2.24, 2.45) is 0 Å². The van der Waals surface area contributed by atoms with Crippen LogP contribution >= 0.6 is 0 Å². The summed E-state index contributed by atoms with van der Waals surface area (Å²) in [5.74, 6) is 0.0215. The molecule has 0 aliphatic heterocycles. The van der Waals surface area contributed by atoms with Crippen LogP contribution in [0.5, 0.6) is 5.75 Å². The van der Waals surface area contributed by atoms with Crippen LogP contribution in [0, 0.1) is 0 Å². The number of carbonyl (C=O) groups is 1. The summed E-state index contributed by atoms with van der Waals surface area (Å²) in [5, 5.41) is 9.02. The van der Waals surface area contributed by atoms with Crippen molar-refractivity contribution >= 4 is 5.97 Å². The third kappa shape index (κ3) is 3.74. The SMILES string of the molecule is C=CCOC(=O)COc1ccccc1CO. The van der Waals surface area contributed by atoms with E-state index in [0.717, 1.165) is 0 Å². The largest absolute Gasteiger partial charge is 0.482 e. The maximum Gasteiger partial charge on any atom is 0.344 e. The molecular formula is C12H14O4. The van der Waals surface area contributed by atoms with Gasteiger partial charge in [-0.05, 0) is 6.07 Å². The molecular weight excluding hydrogens is 208 g/mol. The van der Waals surface area contributed by atoms with Crippen molar-refractivity contribution in [2.75, 3.05) is 13.2 Å². The Labute approximate surface area is 94.1 Å². The molecule has 0 fully saturated rings. The molecule has 0 saturated carbocycles. The first kappa shape index (κ1) is 12.3. The van der Waals surface area contributed by atoms with Crippen LogP contribution in [0.2, 0.25) is 0 Å². The molecule has 0 amide bonds. The summed E-state index contributed by atoms with van der Waals surface area (Å²) in [6, 6.07) is 6.97. The number of ether oxygens (including phenoxy) is 2. The highest BCUT2D eigenvalue weighted by molar-refractivity contribution is 5.71. The second kappa shape index (κ2) is 6.63. The Kier molecular flexibility index (Phi) is 5.08. The van der Waals surface area contributed by atoms with Gasteiger partial charge in [0.15, 0.2) is 6.61 Å². The van der Waals surface area contributed by atoms with E-state index in [-0.39, 0.29) is 19.8 Å². The molecule has 0 heterocycles. The fourth-order valence-electron chi connectivity index (χ4n) is 1.11. The quantitative estimate of drug-likeness (QED) is 0.582. The predicted molar refractivity (Wildman–Crippen MR) is 59.0 cm³/mol. The minimum atomic E-state index is -0.465. The lowest BCUT2D eigenvalue weighted by Crippen LogP contribution is -2.15. The lowest BCUT2D eigenvalue weighted by molar-refractivity contribution is -0.144. The van der Waals surface area contributed by atoms with Gasteiger partial charge in [-0.25, -0.2) is 4.79 Å². The van der Waals surface area contributed by atoms with Crippen LogP contribution in [0.4, 0.5) is 0 Å². The van der Waals surface area contributed by atoms with E-state index in [1.165, 1.54) is 6.08 Å². The number of rotatable bonds is 6. The molecule has 0 bridgehead atoms. The Morgan fingerprint density at radius 3 is 2.88 bits per heavy atom. The van der Waals surface area contributed by atoms with Crippen LogP contribution < -0.4 is 4.74 Å². The van der Waals surface area contributed by atoms with Crippen molar-refractivity contribution in [1.82, 2.24) is 0 Å². The van der Waals surface area contributed by atoms with Crippen LogP contribution in [0.25, 0.3) is 0 Å². The van der Waals surface area contributed by atoms with Crippen molar-refractivity contribution in [3.05, 3.63) is 42.5 Å². The molecule has 0 saturated heterocycles. The van der Waals surface area contributed by atoms with E-state index in [0.29, 0.717) is 11.3 Å². The van der Waals surface area contributed by atoms with Crippen molar-refractivity contribution in [3.8, 4) is 5.75 Å². The van der Waals surface area contributed by atoms with E-state index >= 15 is 0 Å². The van der Waals surface area contributed by atoms with Gasteiger partial charge in [0, 0.05) is 5.56 Å². The monoisotopic (exact) mass is 222 g/mol. The maximum atomic E-state index is 11.1. The zero-order valence-electron chi connectivity index (χ0n) is 8.89. The van der Waals surface area contributed by atoms with E-state index in [9.17, 15) is 4.79 Å². The Morgan fingerprint density at radius 1 is 1.44 bits per heavy atom. The second-order valence-electron chi connectivity index (χ2n) is 3.03. The number of hydrogen-bond acceptors (Lipinski definition) is 4. The lowest BCUT2D eigenvalue weighted by atomic mass is 10.2. The van der Waals surface area contributed by atoms with Crippen LogP contribution in [0.15, 0.2) is 36.9 Å². The molecule has 1 aromatic carbocycles. The first-order valence-electron chi connectivity index (χ1n) is 4.86. The Morgan fingerprint density at radius 2 is 2.19 bits per heavy atom. The summed E-state index contributed by atoms with van der Waals surface area (Å²) in [6.45, 7) is 3.29. The summed E-state index contributed by atoms with van der Waals surface area (Å²) in [7, 11) is 0. The van der Waals surface area contributed by atoms with Gasteiger partial charge in [-0.1, -0.05) is 30.9 Å². The molecule has 0 aliphatic rings.